The molecule has 0 bridgehead atoms. The van der Waals surface area contributed by atoms with E-state index in [0.29, 0.717) is 0 Å². The minimum absolute atomic E-state index is 1.37. The molecule has 0 atom stereocenters. The Hall–Kier alpha value is -0.260. The first-order chi connectivity index (χ1) is 16.2. The van der Waals surface area contributed by atoms with E-state index in [4.69, 9.17) is 0 Å². The van der Waals surface area contributed by atoms with Crippen LogP contribution in [-0.2, 0) is 0 Å². The van der Waals surface area contributed by atoms with Gasteiger partial charge < -0.3 is 0 Å². The Morgan fingerprint density at radius 3 is 0.485 bits per heavy atom. The van der Waals surface area contributed by atoms with Crippen LogP contribution in [0.4, 0.5) is 0 Å². The third-order valence-electron chi connectivity index (χ3n) is 6.41. The maximum atomic E-state index is 3.36. The Balaban J connectivity index is -0.000000576. The lowest BCUT2D eigenvalue weighted by Crippen LogP contribution is -1.83. The molecule has 0 unspecified atom stereocenters. The molecule has 0 fully saturated rings. The van der Waals surface area contributed by atoms with E-state index >= 15 is 0 Å². The molecule has 0 aliphatic carbocycles. The van der Waals surface area contributed by atoms with Crippen LogP contribution in [0.15, 0.2) is 12.7 Å². The lowest BCUT2D eigenvalue weighted by atomic mass is 10.0. The highest BCUT2D eigenvalue weighted by molar-refractivity contribution is 4.52. The Morgan fingerprint density at radius 2 is 0.394 bits per heavy atom. The van der Waals surface area contributed by atoms with E-state index in [-0.39, 0.29) is 0 Å². The molecule has 0 nitrogen and oxygen atoms in total. The van der Waals surface area contributed by atoms with E-state index in [1.165, 1.54) is 167 Å². The van der Waals surface area contributed by atoms with Crippen LogP contribution in [0.3, 0.4) is 0 Å². The van der Waals surface area contributed by atoms with Crippen molar-refractivity contribution < 1.29 is 0 Å². The summed E-state index contributed by atoms with van der Waals surface area (Å²) in [5.74, 6) is 0. The molecule has 0 amide bonds. The summed E-state index contributed by atoms with van der Waals surface area (Å²) in [5, 5.41) is 0. The zero-order valence-corrected chi connectivity index (χ0v) is 24.7. The zero-order chi connectivity index (χ0) is 25.1. The van der Waals surface area contributed by atoms with Gasteiger partial charge in [0.2, 0.25) is 0 Å². The zero-order valence-electron chi connectivity index (χ0n) is 24.7. The van der Waals surface area contributed by atoms with Crippen LogP contribution < -0.4 is 0 Å². The standard InChI is InChI=1S/C20H42.C10H22.C3H6/c1-3-5-7-9-11-13-15-17-19-20-18-16-14-12-10-8-6-4-2;1-3-5-7-9-10-8-6-4-2;1-3-2/h3-20H2,1-2H3;3-10H2,1-2H3;3H,1H2,2H3. The molecule has 0 aromatic carbocycles. The molecule has 0 spiro atoms. The van der Waals surface area contributed by atoms with Crippen LogP contribution >= 0.6 is 0 Å². The van der Waals surface area contributed by atoms with Crippen molar-refractivity contribution in [1.29, 1.82) is 0 Å². The van der Waals surface area contributed by atoms with Crippen LogP contribution in [0.5, 0.6) is 0 Å². The molecule has 0 aromatic rings. The van der Waals surface area contributed by atoms with Crippen LogP contribution in [0.2, 0.25) is 0 Å². The molecule has 0 saturated carbocycles. The molecular formula is C33H70. The van der Waals surface area contributed by atoms with Gasteiger partial charge in [-0.05, 0) is 6.92 Å². The fourth-order valence-corrected chi connectivity index (χ4v) is 4.18. The van der Waals surface area contributed by atoms with E-state index in [1.54, 1.807) is 6.08 Å². The maximum absolute atomic E-state index is 3.36. The average Bonchev–Trinajstić information content (AvgIpc) is 2.82. The normalized spacial score (nSPS) is 10.2. The van der Waals surface area contributed by atoms with Crippen molar-refractivity contribution in [3.05, 3.63) is 12.7 Å². The van der Waals surface area contributed by atoms with Crippen molar-refractivity contribution in [2.24, 2.45) is 0 Å². The summed E-state index contributed by atoms with van der Waals surface area (Å²) < 4.78 is 0. The van der Waals surface area contributed by atoms with Crippen molar-refractivity contribution in [3.8, 4) is 0 Å². The van der Waals surface area contributed by atoms with Gasteiger partial charge in [0.25, 0.3) is 0 Å². The van der Waals surface area contributed by atoms with Gasteiger partial charge in [-0.1, -0.05) is 201 Å². The molecule has 0 heterocycles. The topological polar surface area (TPSA) is 0 Å². The van der Waals surface area contributed by atoms with Gasteiger partial charge in [0.1, 0.15) is 0 Å². The van der Waals surface area contributed by atoms with Gasteiger partial charge in [-0.25, -0.2) is 0 Å². The smallest absolute Gasteiger partial charge is 0.0473 e. The van der Waals surface area contributed by atoms with Gasteiger partial charge in [-0.2, -0.15) is 0 Å². The molecular weight excluding hydrogens is 396 g/mol. The van der Waals surface area contributed by atoms with E-state index in [0.717, 1.165) is 0 Å². The summed E-state index contributed by atoms with van der Waals surface area (Å²) in [4.78, 5) is 0. The second kappa shape index (κ2) is 41.9. The summed E-state index contributed by atoms with van der Waals surface area (Å²) in [5.41, 5.74) is 0. The average molecular weight is 467 g/mol. The molecule has 0 saturated heterocycles. The number of rotatable bonds is 24. The maximum Gasteiger partial charge on any atom is -0.0473 e. The Kier molecular flexibility index (Phi) is 47.4. The third kappa shape index (κ3) is 49.8. The van der Waals surface area contributed by atoms with E-state index in [9.17, 15) is 0 Å². The highest BCUT2D eigenvalue weighted by Crippen LogP contribution is 2.14. The second-order valence-electron chi connectivity index (χ2n) is 10.2. The lowest BCUT2D eigenvalue weighted by Gasteiger charge is -2.03. The van der Waals surface area contributed by atoms with Gasteiger partial charge in [-0.15, -0.1) is 6.58 Å². The van der Waals surface area contributed by atoms with Gasteiger partial charge in [0, 0.05) is 0 Å². The minimum atomic E-state index is 1.37. The third-order valence-corrected chi connectivity index (χ3v) is 6.41. The first-order valence-electron chi connectivity index (χ1n) is 15.8. The molecule has 0 aromatic heterocycles. The lowest BCUT2D eigenvalue weighted by molar-refractivity contribution is 0.526. The molecule has 0 heteroatoms. The molecule has 0 aliphatic heterocycles. The van der Waals surface area contributed by atoms with Gasteiger partial charge in [0.05, 0.1) is 0 Å². The summed E-state index contributed by atoms with van der Waals surface area (Å²) in [6, 6.07) is 0. The van der Waals surface area contributed by atoms with Crippen LogP contribution in [0, 0.1) is 0 Å². The predicted octanol–water partition coefficient (Wildman–Crippen LogP) is 13.4. The summed E-state index contributed by atoms with van der Waals surface area (Å²) in [7, 11) is 0. The molecule has 33 heavy (non-hydrogen) atoms. The summed E-state index contributed by atoms with van der Waals surface area (Å²) in [6.07, 6.45) is 39.6. The summed E-state index contributed by atoms with van der Waals surface area (Å²) in [6.45, 7) is 14.4. The van der Waals surface area contributed by atoms with Gasteiger partial charge in [0.15, 0.2) is 0 Å². The van der Waals surface area contributed by atoms with Crippen molar-refractivity contribution in [3.63, 3.8) is 0 Å². The van der Waals surface area contributed by atoms with Crippen LogP contribution in [-0.4, -0.2) is 0 Å². The largest absolute Gasteiger partial charge is 0.103 e. The van der Waals surface area contributed by atoms with Crippen molar-refractivity contribution >= 4 is 0 Å². The first kappa shape index (κ1) is 37.3. The Labute approximate surface area is 214 Å². The number of hydrogen-bond acceptors (Lipinski definition) is 0. The highest BCUT2D eigenvalue weighted by Gasteiger charge is 1.94. The SMILES string of the molecule is C=CC.CCCCCCCCCC.CCCCCCCCCCCCCCCCCCCC. The fourth-order valence-electron chi connectivity index (χ4n) is 4.18. The summed E-state index contributed by atoms with van der Waals surface area (Å²) >= 11 is 0. The second-order valence-corrected chi connectivity index (χ2v) is 10.2. The first-order valence-corrected chi connectivity index (χ1v) is 15.8. The molecule has 0 radical (unpaired) electrons. The molecule has 0 aliphatic rings. The van der Waals surface area contributed by atoms with Crippen LogP contribution in [0.1, 0.15) is 202 Å². The van der Waals surface area contributed by atoms with E-state index in [1.807, 2.05) is 6.92 Å². The monoisotopic (exact) mass is 467 g/mol. The fraction of sp³-hybridized carbons (Fsp3) is 0.939. The van der Waals surface area contributed by atoms with Crippen molar-refractivity contribution in [1.82, 2.24) is 0 Å². The van der Waals surface area contributed by atoms with Crippen molar-refractivity contribution in [2.45, 2.75) is 202 Å². The quantitative estimate of drug-likeness (QED) is 0.0979. The Morgan fingerprint density at radius 1 is 0.303 bits per heavy atom. The van der Waals surface area contributed by atoms with E-state index in [2.05, 4.69) is 34.3 Å². The van der Waals surface area contributed by atoms with Gasteiger partial charge in [-0.3, -0.25) is 0 Å². The van der Waals surface area contributed by atoms with Crippen molar-refractivity contribution in [2.75, 3.05) is 0 Å². The molecule has 0 rings (SSSR count). The highest BCUT2D eigenvalue weighted by atomic mass is 14.0. The molecule has 0 N–H and O–H groups in total. The predicted molar refractivity (Wildman–Crippen MR) is 159 cm³/mol. The minimum Gasteiger partial charge on any atom is -0.103 e. The molecule has 202 valence electrons. The van der Waals surface area contributed by atoms with Crippen LogP contribution in [0.25, 0.3) is 0 Å². The number of unbranched alkanes of at least 4 members (excludes halogenated alkanes) is 24. The number of hydrogen-bond donors (Lipinski definition) is 0. The van der Waals surface area contributed by atoms with E-state index < -0.39 is 0 Å². The Bertz CT molecular complexity index is 254. The van der Waals surface area contributed by atoms with Gasteiger partial charge >= 0.3 is 0 Å². The number of allylic oxidation sites excluding steroid dienone is 1.